The van der Waals surface area contributed by atoms with E-state index in [1.165, 1.54) is 0 Å². The van der Waals surface area contributed by atoms with Crippen LogP contribution >= 0.6 is 0 Å². The van der Waals surface area contributed by atoms with Crippen LogP contribution < -0.4 is 15.8 Å². The lowest BCUT2D eigenvalue weighted by Crippen LogP contribution is -2.31. The molecule has 4 nitrogen and oxygen atoms in total. The zero-order valence-corrected chi connectivity index (χ0v) is 11.5. The molecule has 0 spiro atoms. The van der Waals surface area contributed by atoms with Crippen LogP contribution in [0.2, 0.25) is 0 Å². The fraction of sp³-hybridized carbons (Fsp3) is 0.500. The topological polar surface area (TPSA) is 64.3 Å². The van der Waals surface area contributed by atoms with Gasteiger partial charge in [0.25, 0.3) is 5.91 Å². The Morgan fingerprint density at radius 1 is 1.44 bits per heavy atom. The minimum Gasteiger partial charge on any atom is -0.481 e. The summed E-state index contributed by atoms with van der Waals surface area (Å²) in [4.78, 5) is 11.1. The van der Waals surface area contributed by atoms with E-state index < -0.39 is 12.0 Å². The summed E-state index contributed by atoms with van der Waals surface area (Å²) in [5.41, 5.74) is 7.36. The van der Waals surface area contributed by atoms with Crippen molar-refractivity contribution in [3.05, 3.63) is 29.3 Å². The van der Waals surface area contributed by atoms with Gasteiger partial charge in [-0.2, -0.15) is 0 Å². The summed E-state index contributed by atoms with van der Waals surface area (Å²) < 4.78 is 5.64. The molecule has 0 aliphatic carbocycles. The van der Waals surface area contributed by atoms with Crippen LogP contribution in [-0.2, 0) is 4.79 Å². The molecule has 2 unspecified atom stereocenters. The zero-order valence-electron chi connectivity index (χ0n) is 11.5. The van der Waals surface area contributed by atoms with Crippen LogP contribution in [-0.4, -0.2) is 18.6 Å². The molecule has 0 aliphatic rings. The first-order valence-corrected chi connectivity index (χ1v) is 6.25. The third-order valence-electron chi connectivity index (χ3n) is 2.85. The molecule has 0 saturated heterocycles. The molecule has 0 fully saturated rings. The summed E-state index contributed by atoms with van der Waals surface area (Å²) in [6.07, 6.45) is -0.626. The summed E-state index contributed by atoms with van der Waals surface area (Å²) in [5.74, 6) is 0.258. The number of primary amides is 1. The summed E-state index contributed by atoms with van der Waals surface area (Å²) in [6, 6.07) is 6.16. The van der Waals surface area contributed by atoms with Crippen LogP contribution in [0.3, 0.4) is 0 Å². The SMILES string of the molecule is CCNC(C)c1ccc(C)cc1OC(C)C(N)=O. The number of hydrogen-bond acceptors (Lipinski definition) is 3. The first kappa shape index (κ1) is 14.5. The summed E-state index contributed by atoms with van der Waals surface area (Å²) in [6.45, 7) is 8.64. The van der Waals surface area contributed by atoms with Crippen LogP contribution in [0.15, 0.2) is 18.2 Å². The maximum atomic E-state index is 11.1. The minimum atomic E-state index is -0.626. The summed E-state index contributed by atoms with van der Waals surface area (Å²) >= 11 is 0. The second kappa shape index (κ2) is 6.40. The van der Waals surface area contributed by atoms with Gasteiger partial charge in [-0.25, -0.2) is 0 Å². The maximum absolute atomic E-state index is 11.1. The van der Waals surface area contributed by atoms with Crippen LogP contribution in [0.25, 0.3) is 0 Å². The van der Waals surface area contributed by atoms with Gasteiger partial charge < -0.3 is 15.8 Å². The smallest absolute Gasteiger partial charge is 0.258 e. The highest BCUT2D eigenvalue weighted by molar-refractivity contribution is 5.78. The highest BCUT2D eigenvalue weighted by Crippen LogP contribution is 2.27. The van der Waals surface area contributed by atoms with Crippen molar-refractivity contribution in [1.29, 1.82) is 0 Å². The van der Waals surface area contributed by atoms with Crippen molar-refractivity contribution in [2.24, 2.45) is 5.73 Å². The van der Waals surface area contributed by atoms with E-state index in [0.717, 1.165) is 23.4 Å². The molecule has 0 radical (unpaired) electrons. The van der Waals surface area contributed by atoms with E-state index >= 15 is 0 Å². The van der Waals surface area contributed by atoms with Gasteiger partial charge in [-0.1, -0.05) is 19.1 Å². The fourth-order valence-corrected chi connectivity index (χ4v) is 1.77. The molecule has 0 aromatic heterocycles. The molecule has 1 aromatic carbocycles. The van der Waals surface area contributed by atoms with Crippen molar-refractivity contribution < 1.29 is 9.53 Å². The lowest BCUT2D eigenvalue weighted by molar-refractivity contribution is -0.124. The second-order valence-corrected chi connectivity index (χ2v) is 4.48. The van der Waals surface area contributed by atoms with Gasteiger partial charge >= 0.3 is 0 Å². The number of carbonyl (C=O) groups excluding carboxylic acids is 1. The van der Waals surface area contributed by atoms with Crippen LogP contribution in [0.5, 0.6) is 5.75 Å². The van der Waals surface area contributed by atoms with Gasteiger partial charge in [0.1, 0.15) is 5.75 Å². The summed E-state index contributed by atoms with van der Waals surface area (Å²) in [5, 5.41) is 3.33. The van der Waals surface area contributed by atoms with Gasteiger partial charge in [0.05, 0.1) is 0 Å². The largest absolute Gasteiger partial charge is 0.481 e. The first-order chi connectivity index (χ1) is 8.45. The molecule has 0 heterocycles. The number of ether oxygens (including phenoxy) is 1. The van der Waals surface area contributed by atoms with Crippen molar-refractivity contribution in [3.8, 4) is 5.75 Å². The van der Waals surface area contributed by atoms with E-state index in [-0.39, 0.29) is 6.04 Å². The third-order valence-corrected chi connectivity index (χ3v) is 2.85. The Hall–Kier alpha value is -1.55. The average Bonchev–Trinajstić information content (AvgIpc) is 2.29. The molecule has 100 valence electrons. The highest BCUT2D eigenvalue weighted by atomic mass is 16.5. The van der Waals surface area contributed by atoms with Gasteiger partial charge in [0, 0.05) is 11.6 Å². The van der Waals surface area contributed by atoms with E-state index in [9.17, 15) is 4.79 Å². The molecular weight excluding hydrogens is 228 g/mol. The van der Waals surface area contributed by atoms with Crippen molar-refractivity contribution in [3.63, 3.8) is 0 Å². The van der Waals surface area contributed by atoms with Gasteiger partial charge in [-0.15, -0.1) is 0 Å². The Morgan fingerprint density at radius 3 is 2.67 bits per heavy atom. The van der Waals surface area contributed by atoms with Crippen molar-refractivity contribution in [2.75, 3.05) is 6.54 Å². The van der Waals surface area contributed by atoms with Crippen LogP contribution in [0.1, 0.15) is 37.9 Å². The average molecular weight is 250 g/mol. The summed E-state index contributed by atoms with van der Waals surface area (Å²) in [7, 11) is 0. The number of carbonyl (C=O) groups is 1. The number of nitrogens with one attached hydrogen (secondary N) is 1. The molecule has 18 heavy (non-hydrogen) atoms. The molecule has 3 N–H and O–H groups in total. The van der Waals surface area contributed by atoms with E-state index in [1.54, 1.807) is 6.92 Å². The fourth-order valence-electron chi connectivity index (χ4n) is 1.77. The predicted octanol–water partition coefficient (Wildman–Crippen LogP) is 1.92. The van der Waals surface area contributed by atoms with Gasteiger partial charge in [0.2, 0.25) is 0 Å². The lowest BCUT2D eigenvalue weighted by Gasteiger charge is -2.20. The molecule has 1 rings (SSSR count). The molecule has 1 amide bonds. The number of amides is 1. The van der Waals surface area contributed by atoms with Gasteiger partial charge in [0.15, 0.2) is 6.10 Å². The number of hydrogen-bond donors (Lipinski definition) is 2. The number of aryl methyl sites for hydroxylation is 1. The molecule has 1 aromatic rings. The van der Waals surface area contributed by atoms with Crippen molar-refractivity contribution >= 4 is 5.91 Å². The maximum Gasteiger partial charge on any atom is 0.258 e. The third kappa shape index (κ3) is 3.74. The van der Waals surface area contributed by atoms with Crippen molar-refractivity contribution in [1.82, 2.24) is 5.32 Å². The molecule has 4 heteroatoms. The van der Waals surface area contributed by atoms with Gasteiger partial charge in [-0.05, 0) is 38.9 Å². The van der Waals surface area contributed by atoms with Crippen molar-refractivity contribution in [2.45, 2.75) is 39.8 Å². The monoisotopic (exact) mass is 250 g/mol. The molecular formula is C14H22N2O2. The minimum absolute atomic E-state index is 0.172. The van der Waals surface area contributed by atoms with E-state index in [0.29, 0.717) is 0 Å². The van der Waals surface area contributed by atoms with E-state index in [4.69, 9.17) is 10.5 Å². The predicted molar refractivity (Wildman–Crippen MR) is 72.6 cm³/mol. The zero-order chi connectivity index (χ0) is 13.7. The Kier molecular flexibility index (Phi) is 5.16. The van der Waals surface area contributed by atoms with Crippen LogP contribution in [0, 0.1) is 6.92 Å². The number of benzene rings is 1. The highest BCUT2D eigenvalue weighted by Gasteiger charge is 2.16. The number of rotatable bonds is 6. The molecule has 0 bridgehead atoms. The Morgan fingerprint density at radius 2 is 2.11 bits per heavy atom. The Bertz CT molecular complexity index is 418. The quantitative estimate of drug-likeness (QED) is 0.810. The molecule has 0 saturated carbocycles. The van der Waals surface area contributed by atoms with Crippen LogP contribution in [0.4, 0.5) is 0 Å². The van der Waals surface area contributed by atoms with Gasteiger partial charge in [-0.3, -0.25) is 4.79 Å². The van der Waals surface area contributed by atoms with E-state index in [1.807, 2.05) is 25.1 Å². The standard InChI is InChI=1S/C14H22N2O2/c1-5-16-10(3)12-7-6-9(2)8-13(12)18-11(4)14(15)17/h6-8,10-11,16H,5H2,1-4H3,(H2,15,17). The lowest BCUT2D eigenvalue weighted by atomic mass is 10.0. The first-order valence-electron chi connectivity index (χ1n) is 6.25. The Balaban J connectivity index is 2.99. The van der Waals surface area contributed by atoms with E-state index in [2.05, 4.69) is 19.2 Å². The second-order valence-electron chi connectivity index (χ2n) is 4.48. The molecule has 2 atom stereocenters. The normalized spacial score (nSPS) is 14.0. The number of nitrogens with two attached hydrogens (primary N) is 1. The molecule has 0 aliphatic heterocycles. The Labute approximate surface area is 109 Å².